The minimum absolute atomic E-state index is 0.0713. The zero-order valence-corrected chi connectivity index (χ0v) is 11.7. The zero-order chi connectivity index (χ0) is 14.7. The molecule has 0 radical (unpaired) electrons. The van der Waals surface area contributed by atoms with Crippen molar-refractivity contribution >= 4 is 16.9 Å². The van der Waals surface area contributed by atoms with Gasteiger partial charge in [-0.15, -0.1) is 0 Å². The van der Waals surface area contributed by atoms with Gasteiger partial charge in [-0.05, 0) is 36.8 Å². The van der Waals surface area contributed by atoms with Crippen molar-refractivity contribution in [3.05, 3.63) is 71.5 Å². The first kappa shape index (κ1) is 13.2. The average Bonchev–Trinajstić information content (AvgIpc) is 2.52. The molecule has 1 aromatic heterocycles. The van der Waals surface area contributed by atoms with Gasteiger partial charge < -0.3 is 5.32 Å². The van der Waals surface area contributed by atoms with Crippen LogP contribution >= 0.6 is 0 Å². The second-order valence-corrected chi connectivity index (χ2v) is 4.93. The summed E-state index contributed by atoms with van der Waals surface area (Å²) in [7, 11) is 0. The third-order valence-corrected chi connectivity index (χ3v) is 3.27. The van der Waals surface area contributed by atoms with Crippen molar-refractivity contribution in [1.82, 2.24) is 15.3 Å². The Morgan fingerprint density at radius 2 is 1.86 bits per heavy atom. The average molecular weight is 277 g/mol. The van der Waals surface area contributed by atoms with Crippen LogP contribution in [-0.2, 0) is 6.54 Å². The van der Waals surface area contributed by atoms with Gasteiger partial charge in [-0.1, -0.05) is 23.8 Å². The second kappa shape index (κ2) is 5.71. The van der Waals surface area contributed by atoms with Gasteiger partial charge in [0.05, 0.1) is 11.0 Å². The number of nitrogens with one attached hydrogen (secondary N) is 1. The Morgan fingerprint density at radius 3 is 2.67 bits per heavy atom. The molecule has 0 spiro atoms. The first-order chi connectivity index (χ1) is 10.2. The SMILES string of the molecule is Cc1cccc(C(=O)NCc2ccc3nccnc3c2)c1. The molecule has 0 atom stereocenters. The number of benzene rings is 2. The molecular weight excluding hydrogens is 262 g/mol. The molecule has 1 heterocycles. The smallest absolute Gasteiger partial charge is 0.251 e. The number of hydrogen-bond donors (Lipinski definition) is 1. The Hall–Kier alpha value is -2.75. The summed E-state index contributed by atoms with van der Waals surface area (Å²) in [6.07, 6.45) is 3.33. The molecule has 0 bridgehead atoms. The summed E-state index contributed by atoms with van der Waals surface area (Å²) in [5, 5.41) is 2.92. The lowest BCUT2D eigenvalue weighted by Gasteiger charge is -2.06. The number of hydrogen-bond acceptors (Lipinski definition) is 3. The highest BCUT2D eigenvalue weighted by molar-refractivity contribution is 5.94. The van der Waals surface area contributed by atoms with E-state index in [0.717, 1.165) is 22.2 Å². The molecule has 4 heteroatoms. The van der Waals surface area contributed by atoms with Crippen LogP contribution in [-0.4, -0.2) is 15.9 Å². The number of nitrogens with zero attached hydrogens (tertiary/aromatic N) is 2. The normalized spacial score (nSPS) is 10.5. The van der Waals surface area contributed by atoms with Crippen LogP contribution in [0.1, 0.15) is 21.5 Å². The summed E-state index contributed by atoms with van der Waals surface area (Å²) in [5.41, 5.74) is 4.44. The third kappa shape index (κ3) is 3.05. The zero-order valence-electron chi connectivity index (χ0n) is 11.7. The molecular formula is C17H15N3O. The largest absolute Gasteiger partial charge is 0.348 e. The highest BCUT2D eigenvalue weighted by Gasteiger charge is 2.05. The summed E-state index contributed by atoms with van der Waals surface area (Å²) >= 11 is 0. The van der Waals surface area contributed by atoms with E-state index in [1.54, 1.807) is 12.4 Å². The van der Waals surface area contributed by atoms with Gasteiger partial charge in [0.1, 0.15) is 0 Å². The predicted molar refractivity (Wildman–Crippen MR) is 81.9 cm³/mol. The van der Waals surface area contributed by atoms with Crippen LogP contribution < -0.4 is 5.32 Å². The maximum absolute atomic E-state index is 12.1. The first-order valence-electron chi connectivity index (χ1n) is 6.77. The van der Waals surface area contributed by atoms with E-state index in [-0.39, 0.29) is 5.91 Å². The summed E-state index contributed by atoms with van der Waals surface area (Å²) in [6, 6.07) is 13.4. The summed E-state index contributed by atoms with van der Waals surface area (Å²) < 4.78 is 0. The topological polar surface area (TPSA) is 54.9 Å². The number of fused-ring (bicyclic) bond motifs is 1. The van der Waals surface area contributed by atoms with Crippen LogP contribution in [0.4, 0.5) is 0 Å². The van der Waals surface area contributed by atoms with Crippen molar-refractivity contribution in [2.45, 2.75) is 13.5 Å². The highest BCUT2D eigenvalue weighted by Crippen LogP contribution is 2.11. The number of amides is 1. The van der Waals surface area contributed by atoms with E-state index in [2.05, 4.69) is 15.3 Å². The molecule has 1 amide bonds. The molecule has 104 valence electrons. The fourth-order valence-electron chi connectivity index (χ4n) is 2.19. The van der Waals surface area contributed by atoms with Crippen LogP contribution in [0.2, 0.25) is 0 Å². The minimum Gasteiger partial charge on any atom is -0.348 e. The monoisotopic (exact) mass is 277 g/mol. The maximum Gasteiger partial charge on any atom is 0.251 e. The first-order valence-corrected chi connectivity index (χ1v) is 6.77. The van der Waals surface area contributed by atoms with Gasteiger partial charge in [0.2, 0.25) is 0 Å². The molecule has 0 fully saturated rings. The molecule has 0 aliphatic rings. The van der Waals surface area contributed by atoms with Crippen LogP contribution in [0.5, 0.6) is 0 Å². The van der Waals surface area contributed by atoms with E-state index in [0.29, 0.717) is 12.1 Å². The quantitative estimate of drug-likeness (QED) is 0.801. The molecule has 2 aromatic carbocycles. The van der Waals surface area contributed by atoms with Crippen molar-refractivity contribution in [1.29, 1.82) is 0 Å². The minimum atomic E-state index is -0.0713. The van der Waals surface area contributed by atoms with Crippen LogP contribution in [0.25, 0.3) is 11.0 Å². The standard InChI is InChI=1S/C17H15N3O/c1-12-3-2-4-14(9-12)17(21)20-11-13-5-6-15-16(10-13)19-8-7-18-15/h2-10H,11H2,1H3,(H,20,21). The Morgan fingerprint density at radius 1 is 1.05 bits per heavy atom. The molecule has 0 saturated heterocycles. The van der Waals surface area contributed by atoms with E-state index < -0.39 is 0 Å². The molecule has 0 unspecified atom stereocenters. The van der Waals surface area contributed by atoms with Gasteiger partial charge >= 0.3 is 0 Å². The van der Waals surface area contributed by atoms with E-state index in [1.807, 2.05) is 49.4 Å². The maximum atomic E-state index is 12.1. The number of carbonyl (C=O) groups excluding carboxylic acids is 1. The lowest BCUT2D eigenvalue weighted by molar-refractivity contribution is 0.0951. The third-order valence-electron chi connectivity index (χ3n) is 3.27. The van der Waals surface area contributed by atoms with Gasteiger partial charge in [0.15, 0.2) is 0 Å². The second-order valence-electron chi connectivity index (χ2n) is 4.93. The highest BCUT2D eigenvalue weighted by atomic mass is 16.1. The number of carbonyl (C=O) groups is 1. The Bertz CT molecular complexity index is 799. The lowest BCUT2D eigenvalue weighted by atomic mass is 10.1. The predicted octanol–water partition coefficient (Wildman–Crippen LogP) is 2.87. The summed E-state index contributed by atoms with van der Waals surface area (Å²) in [4.78, 5) is 20.6. The van der Waals surface area contributed by atoms with E-state index >= 15 is 0 Å². The number of aryl methyl sites for hydroxylation is 1. The molecule has 0 saturated carbocycles. The van der Waals surface area contributed by atoms with Gasteiger partial charge in [0.25, 0.3) is 5.91 Å². The molecule has 0 aliphatic heterocycles. The van der Waals surface area contributed by atoms with Crippen LogP contribution in [0.3, 0.4) is 0 Å². The van der Waals surface area contributed by atoms with Crippen molar-refractivity contribution in [2.24, 2.45) is 0 Å². The van der Waals surface area contributed by atoms with E-state index in [1.165, 1.54) is 0 Å². The molecule has 3 aromatic rings. The molecule has 1 N–H and O–H groups in total. The Balaban J connectivity index is 1.72. The van der Waals surface area contributed by atoms with E-state index in [9.17, 15) is 4.79 Å². The van der Waals surface area contributed by atoms with Crippen molar-refractivity contribution < 1.29 is 4.79 Å². The number of aromatic nitrogens is 2. The Kier molecular flexibility index (Phi) is 3.60. The van der Waals surface area contributed by atoms with E-state index in [4.69, 9.17) is 0 Å². The van der Waals surface area contributed by atoms with Crippen LogP contribution in [0, 0.1) is 6.92 Å². The number of rotatable bonds is 3. The molecule has 0 aliphatic carbocycles. The summed E-state index contributed by atoms with van der Waals surface area (Å²) in [6.45, 7) is 2.44. The van der Waals surface area contributed by atoms with Crippen molar-refractivity contribution in [3.8, 4) is 0 Å². The van der Waals surface area contributed by atoms with Gasteiger partial charge in [-0.25, -0.2) is 0 Å². The molecule has 4 nitrogen and oxygen atoms in total. The van der Waals surface area contributed by atoms with Crippen LogP contribution in [0.15, 0.2) is 54.9 Å². The van der Waals surface area contributed by atoms with Crippen molar-refractivity contribution in [3.63, 3.8) is 0 Å². The van der Waals surface area contributed by atoms with Gasteiger partial charge in [-0.2, -0.15) is 0 Å². The summed E-state index contributed by atoms with van der Waals surface area (Å²) in [5.74, 6) is -0.0713. The molecule has 3 rings (SSSR count). The Labute approximate surface area is 122 Å². The fourth-order valence-corrected chi connectivity index (χ4v) is 2.19. The van der Waals surface area contributed by atoms with Gasteiger partial charge in [0, 0.05) is 24.5 Å². The lowest BCUT2D eigenvalue weighted by Crippen LogP contribution is -2.22. The van der Waals surface area contributed by atoms with Gasteiger partial charge in [-0.3, -0.25) is 14.8 Å². The van der Waals surface area contributed by atoms with Crippen molar-refractivity contribution in [2.75, 3.05) is 0 Å². The fraction of sp³-hybridized carbons (Fsp3) is 0.118. The molecule has 21 heavy (non-hydrogen) atoms.